The lowest BCUT2D eigenvalue weighted by molar-refractivity contribution is 0.482. The van der Waals surface area contributed by atoms with Gasteiger partial charge in [-0.3, -0.25) is 4.79 Å². The lowest BCUT2D eigenvalue weighted by atomic mass is 9.86. The second kappa shape index (κ2) is 7.34. The van der Waals surface area contributed by atoms with Crippen LogP contribution in [-0.2, 0) is 6.42 Å². The first kappa shape index (κ1) is 18.0. The van der Waals surface area contributed by atoms with Crippen molar-refractivity contribution >= 4 is 10.8 Å². The zero-order chi connectivity index (χ0) is 19.7. The second-order valence-electron chi connectivity index (χ2n) is 7.21. The van der Waals surface area contributed by atoms with Crippen LogP contribution in [-0.4, -0.2) is 25.6 Å². The van der Waals surface area contributed by atoms with Crippen LogP contribution in [0.25, 0.3) is 22.0 Å². The van der Waals surface area contributed by atoms with Gasteiger partial charge in [0.05, 0.1) is 0 Å². The Morgan fingerprint density at radius 1 is 1.11 bits per heavy atom. The Morgan fingerprint density at radius 2 is 1.96 bits per heavy atom. The standard InChI is InChI=1S/C21H20FN5O/c1-12(2)16(11-20-24-26-27-25-20)15-8-9-19(23-21(15)28)14-7-6-13-4-3-5-18(22)17(13)10-14/h3-10,12,16H,11H2,1-2H3,(H,23,28)(H,24,25,26,27). The third-order valence-electron chi connectivity index (χ3n) is 5.08. The largest absolute Gasteiger partial charge is 0.322 e. The number of benzene rings is 2. The number of halogens is 1. The van der Waals surface area contributed by atoms with Crippen molar-refractivity contribution in [3.05, 3.63) is 76.1 Å². The molecule has 2 aromatic carbocycles. The van der Waals surface area contributed by atoms with Crippen molar-refractivity contribution < 1.29 is 4.39 Å². The van der Waals surface area contributed by atoms with Gasteiger partial charge in [0.2, 0.25) is 0 Å². The highest BCUT2D eigenvalue weighted by atomic mass is 19.1. The molecule has 2 heterocycles. The van der Waals surface area contributed by atoms with Gasteiger partial charge in [-0.25, -0.2) is 4.39 Å². The van der Waals surface area contributed by atoms with E-state index in [-0.39, 0.29) is 23.2 Å². The van der Waals surface area contributed by atoms with E-state index >= 15 is 0 Å². The molecule has 0 amide bonds. The maximum Gasteiger partial charge on any atom is 0.251 e. The molecule has 0 aliphatic rings. The number of H-pyrrole nitrogens is 2. The van der Waals surface area contributed by atoms with E-state index in [4.69, 9.17) is 0 Å². The van der Waals surface area contributed by atoms with E-state index in [2.05, 4.69) is 39.5 Å². The molecule has 142 valence electrons. The first-order chi connectivity index (χ1) is 13.5. The Labute approximate surface area is 160 Å². The number of hydrogen-bond donors (Lipinski definition) is 2. The molecule has 6 nitrogen and oxygen atoms in total. The molecule has 1 atom stereocenters. The lowest BCUT2D eigenvalue weighted by Crippen LogP contribution is -2.22. The van der Waals surface area contributed by atoms with E-state index in [9.17, 15) is 9.18 Å². The summed E-state index contributed by atoms with van der Waals surface area (Å²) in [5.74, 6) is 0.482. The van der Waals surface area contributed by atoms with Crippen LogP contribution >= 0.6 is 0 Å². The number of aromatic amines is 2. The maximum absolute atomic E-state index is 14.1. The van der Waals surface area contributed by atoms with Crippen molar-refractivity contribution in [1.82, 2.24) is 25.6 Å². The van der Waals surface area contributed by atoms with E-state index in [0.29, 0.717) is 28.9 Å². The van der Waals surface area contributed by atoms with Crippen LogP contribution < -0.4 is 5.56 Å². The van der Waals surface area contributed by atoms with Gasteiger partial charge in [-0.2, -0.15) is 5.21 Å². The minimum absolute atomic E-state index is 0.0375. The van der Waals surface area contributed by atoms with Crippen LogP contribution in [0.3, 0.4) is 0 Å². The van der Waals surface area contributed by atoms with Gasteiger partial charge in [-0.1, -0.05) is 49.4 Å². The maximum atomic E-state index is 14.1. The molecule has 0 bridgehead atoms. The highest BCUT2D eigenvalue weighted by Gasteiger charge is 2.21. The van der Waals surface area contributed by atoms with Crippen molar-refractivity contribution in [2.24, 2.45) is 5.92 Å². The summed E-state index contributed by atoms with van der Waals surface area (Å²) in [7, 11) is 0. The van der Waals surface area contributed by atoms with Crippen molar-refractivity contribution in [2.45, 2.75) is 26.2 Å². The first-order valence-corrected chi connectivity index (χ1v) is 9.17. The van der Waals surface area contributed by atoms with E-state index < -0.39 is 0 Å². The molecule has 4 rings (SSSR count). The molecule has 2 N–H and O–H groups in total. The van der Waals surface area contributed by atoms with Crippen molar-refractivity contribution in [1.29, 1.82) is 0 Å². The molecule has 0 aliphatic carbocycles. The fourth-order valence-corrected chi connectivity index (χ4v) is 3.52. The van der Waals surface area contributed by atoms with Crippen LogP contribution in [0.4, 0.5) is 4.39 Å². The van der Waals surface area contributed by atoms with Gasteiger partial charge in [0.25, 0.3) is 5.56 Å². The molecule has 2 aromatic heterocycles. The van der Waals surface area contributed by atoms with Crippen LogP contribution in [0.5, 0.6) is 0 Å². The topological polar surface area (TPSA) is 87.3 Å². The Balaban J connectivity index is 1.71. The van der Waals surface area contributed by atoms with Gasteiger partial charge in [0, 0.05) is 23.1 Å². The molecule has 1 unspecified atom stereocenters. The Bertz CT molecular complexity index is 1170. The number of nitrogens with zero attached hydrogens (tertiary/aromatic N) is 3. The molecule has 4 aromatic rings. The Kier molecular flexibility index (Phi) is 4.73. The predicted molar refractivity (Wildman–Crippen MR) is 105 cm³/mol. The van der Waals surface area contributed by atoms with Crippen molar-refractivity contribution in [2.75, 3.05) is 0 Å². The fourth-order valence-electron chi connectivity index (χ4n) is 3.52. The van der Waals surface area contributed by atoms with Gasteiger partial charge in [0.15, 0.2) is 5.82 Å². The van der Waals surface area contributed by atoms with E-state index in [1.54, 1.807) is 12.1 Å². The molecule has 0 saturated heterocycles. The summed E-state index contributed by atoms with van der Waals surface area (Å²) in [6.07, 6.45) is 0.526. The number of pyridine rings is 1. The van der Waals surface area contributed by atoms with Crippen LogP contribution in [0.15, 0.2) is 53.3 Å². The van der Waals surface area contributed by atoms with Crippen LogP contribution in [0.2, 0.25) is 0 Å². The summed E-state index contributed by atoms with van der Waals surface area (Å²) in [5.41, 5.74) is 1.94. The summed E-state index contributed by atoms with van der Waals surface area (Å²) in [5, 5.41) is 15.4. The highest BCUT2D eigenvalue weighted by Crippen LogP contribution is 2.28. The minimum Gasteiger partial charge on any atom is -0.322 e. The van der Waals surface area contributed by atoms with Gasteiger partial charge < -0.3 is 4.98 Å². The molecule has 0 spiro atoms. The number of hydrogen-bond acceptors (Lipinski definition) is 4. The second-order valence-corrected chi connectivity index (χ2v) is 7.21. The highest BCUT2D eigenvalue weighted by molar-refractivity contribution is 5.87. The van der Waals surface area contributed by atoms with E-state index in [1.165, 1.54) is 6.07 Å². The number of rotatable bonds is 5. The third kappa shape index (κ3) is 3.43. The van der Waals surface area contributed by atoms with Gasteiger partial charge >= 0.3 is 0 Å². The quantitative estimate of drug-likeness (QED) is 0.553. The van der Waals surface area contributed by atoms with E-state index in [0.717, 1.165) is 10.9 Å². The van der Waals surface area contributed by atoms with Crippen molar-refractivity contribution in [3.63, 3.8) is 0 Å². The molecule has 0 fully saturated rings. The summed E-state index contributed by atoms with van der Waals surface area (Å²) in [4.78, 5) is 15.8. The molecule has 28 heavy (non-hydrogen) atoms. The summed E-state index contributed by atoms with van der Waals surface area (Å²) in [6.45, 7) is 4.12. The zero-order valence-electron chi connectivity index (χ0n) is 15.6. The SMILES string of the molecule is CC(C)C(Cc1nn[nH]n1)c1ccc(-c2ccc3cccc(F)c3c2)[nH]c1=O. The Morgan fingerprint density at radius 3 is 2.68 bits per heavy atom. The number of tetrazole rings is 1. The van der Waals surface area contributed by atoms with Crippen LogP contribution in [0.1, 0.15) is 31.2 Å². The third-order valence-corrected chi connectivity index (χ3v) is 5.08. The molecule has 7 heteroatoms. The van der Waals surface area contributed by atoms with E-state index in [1.807, 2.05) is 30.3 Å². The van der Waals surface area contributed by atoms with Gasteiger partial charge in [0.1, 0.15) is 5.82 Å². The zero-order valence-corrected chi connectivity index (χ0v) is 15.6. The summed E-state index contributed by atoms with van der Waals surface area (Å²) < 4.78 is 14.1. The average molecular weight is 377 g/mol. The normalized spacial score (nSPS) is 12.6. The molecule has 0 radical (unpaired) electrons. The van der Waals surface area contributed by atoms with Crippen LogP contribution in [0, 0.1) is 11.7 Å². The predicted octanol–water partition coefficient (Wildman–Crippen LogP) is 3.83. The molecular weight excluding hydrogens is 357 g/mol. The lowest BCUT2D eigenvalue weighted by Gasteiger charge is -2.19. The fraction of sp³-hybridized carbons (Fsp3) is 0.238. The number of fused-ring (bicyclic) bond motifs is 1. The Hall–Kier alpha value is -3.35. The molecule has 0 saturated carbocycles. The summed E-state index contributed by atoms with van der Waals surface area (Å²) in [6, 6.07) is 14.2. The van der Waals surface area contributed by atoms with Gasteiger partial charge in [-0.15, -0.1) is 10.2 Å². The minimum atomic E-state index is -0.279. The van der Waals surface area contributed by atoms with Gasteiger partial charge in [-0.05, 0) is 41.0 Å². The summed E-state index contributed by atoms with van der Waals surface area (Å²) >= 11 is 0. The molecule has 0 aliphatic heterocycles. The average Bonchev–Trinajstić information content (AvgIpc) is 3.20. The smallest absolute Gasteiger partial charge is 0.251 e. The van der Waals surface area contributed by atoms with Crippen molar-refractivity contribution in [3.8, 4) is 11.3 Å². The molecular formula is C21H20FN5O. The number of nitrogens with one attached hydrogen (secondary N) is 2. The number of aromatic nitrogens is 5. The first-order valence-electron chi connectivity index (χ1n) is 9.17. The monoisotopic (exact) mass is 377 g/mol.